The topological polar surface area (TPSA) is 75.6 Å². The first-order chi connectivity index (χ1) is 11.6. The number of nitrogens with zero attached hydrogens (tertiary/aromatic N) is 3. The van der Waals surface area contributed by atoms with E-state index in [2.05, 4.69) is 20.6 Å². The van der Waals surface area contributed by atoms with Crippen molar-refractivity contribution in [1.82, 2.24) is 25.3 Å². The number of hydrogen-bond donors (Lipinski definition) is 2. The maximum atomic E-state index is 12.5. The molecule has 0 saturated heterocycles. The van der Waals surface area contributed by atoms with Crippen molar-refractivity contribution in [3.05, 3.63) is 59.0 Å². The van der Waals surface area contributed by atoms with E-state index in [0.717, 1.165) is 29.1 Å². The SMILES string of the molecule is Cc1nn(C)c(C)c1CCNC(=O)c1cn[nH]c1-c1ccccc1. The summed E-state index contributed by atoms with van der Waals surface area (Å²) in [5, 5.41) is 14.3. The van der Waals surface area contributed by atoms with Gasteiger partial charge in [0.05, 0.1) is 23.1 Å². The highest BCUT2D eigenvalue weighted by Gasteiger charge is 2.15. The fourth-order valence-corrected chi connectivity index (χ4v) is 2.86. The molecule has 124 valence electrons. The van der Waals surface area contributed by atoms with Crippen molar-refractivity contribution >= 4 is 5.91 Å². The molecule has 2 N–H and O–H groups in total. The van der Waals surface area contributed by atoms with Crippen LogP contribution in [-0.2, 0) is 13.5 Å². The van der Waals surface area contributed by atoms with Crippen LogP contribution in [0.15, 0.2) is 36.5 Å². The van der Waals surface area contributed by atoms with E-state index in [1.165, 1.54) is 5.56 Å². The van der Waals surface area contributed by atoms with E-state index >= 15 is 0 Å². The summed E-state index contributed by atoms with van der Waals surface area (Å²) in [6.45, 7) is 4.60. The third kappa shape index (κ3) is 3.08. The average molecular weight is 323 g/mol. The Bertz CT molecular complexity index is 848. The summed E-state index contributed by atoms with van der Waals surface area (Å²) in [5.74, 6) is -0.123. The Balaban J connectivity index is 1.67. The van der Waals surface area contributed by atoms with E-state index in [1.54, 1.807) is 6.20 Å². The number of nitrogens with one attached hydrogen (secondary N) is 2. The van der Waals surface area contributed by atoms with Gasteiger partial charge in [-0.15, -0.1) is 0 Å². The van der Waals surface area contributed by atoms with Crippen molar-refractivity contribution in [2.45, 2.75) is 20.3 Å². The van der Waals surface area contributed by atoms with Crippen LogP contribution in [0.5, 0.6) is 0 Å². The monoisotopic (exact) mass is 323 g/mol. The molecule has 0 aliphatic rings. The van der Waals surface area contributed by atoms with Crippen molar-refractivity contribution in [3.8, 4) is 11.3 Å². The zero-order valence-electron chi connectivity index (χ0n) is 14.1. The molecule has 2 aromatic heterocycles. The van der Waals surface area contributed by atoms with Crippen LogP contribution in [0, 0.1) is 13.8 Å². The first-order valence-corrected chi connectivity index (χ1v) is 7.94. The highest BCUT2D eigenvalue weighted by molar-refractivity contribution is 5.99. The van der Waals surface area contributed by atoms with Crippen LogP contribution in [0.3, 0.4) is 0 Å². The Labute approximate surface area is 140 Å². The van der Waals surface area contributed by atoms with Crippen molar-refractivity contribution in [1.29, 1.82) is 0 Å². The Morgan fingerprint density at radius 2 is 2.00 bits per heavy atom. The van der Waals surface area contributed by atoms with Crippen LogP contribution >= 0.6 is 0 Å². The number of hydrogen-bond acceptors (Lipinski definition) is 3. The first-order valence-electron chi connectivity index (χ1n) is 7.94. The lowest BCUT2D eigenvalue weighted by Crippen LogP contribution is -2.26. The van der Waals surface area contributed by atoms with Crippen molar-refractivity contribution in [3.63, 3.8) is 0 Å². The highest BCUT2D eigenvalue weighted by Crippen LogP contribution is 2.20. The molecule has 0 radical (unpaired) electrons. The van der Waals surface area contributed by atoms with Crippen molar-refractivity contribution < 1.29 is 4.79 Å². The lowest BCUT2D eigenvalue weighted by atomic mass is 10.1. The van der Waals surface area contributed by atoms with Gasteiger partial charge in [-0.3, -0.25) is 14.6 Å². The summed E-state index contributed by atoms with van der Waals surface area (Å²) in [6.07, 6.45) is 2.33. The van der Waals surface area contributed by atoms with E-state index < -0.39 is 0 Å². The van der Waals surface area contributed by atoms with E-state index in [9.17, 15) is 4.79 Å². The summed E-state index contributed by atoms with van der Waals surface area (Å²) in [4.78, 5) is 12.5. The molecule has 0 spiro atoms. The molecule has 6 heteroatoms. The number of amides is 1. The summed E-state index contributed by atoms with van der Waals surface area (Å²) < 4.78 is 1.87. The third-order valence-electron chi connectivity index (χ3n) is 4.27. The second-order valence-corrected chi connectivity index (χ2v) is 5.80. The fraction of sp³-hybridized carbons (Fsp3) is 0.278. The predicted octanol–water partition coefficient (Wildman–Crippen LogP) is 2.40. The van der Waals surface area contributed by atoms with Gasteiger partial charge in [-0.1, -0.05) is 30.3 Å². The molecule has 2 heterocycles. The molecule has 0 bridgehead atoms. The van der Waals surface area contributed by atoms with Gasteiger partial charge in [0.15, 0.2) is 0 Å². The van der Waals surface area contributed by atoms with Gasteiger partial charge in [-0.2, -0.15) is 10.2 Å². The van der Waals surface area contributed by atoms with Gasteiger partial charge in [0.1, 0.15) is 0 Å². The Morgan fingerprint density at radius 3 is 2.67 bits per heavy atom. The maximum absolute atomic E-state index is 12.5. The maximum Gasteiger partial charge on any atom is 0.255 e. The molecule has 0 aliphatic heterocycles. The van der Waals surface area contributed by atoms with Gasteiger partial charge in [0.25, 0.3) is 5.91 Å². The number of rotatable bonds is 5. The Hall–Kier alpha value is -2.89. The zero-order chi connectivity index (χ0) is 17.1. The summed E-state index contributed by atoms with van der Waals surface area (Å²) >= 11 is 0. The minimum Gasteiger partial charge on any atom is -0.352 e. The van der Waals surface area contributed by atoms with Gasteiger partial charge in [-0.05, 0) is 25.8 Å². The minimum absolute atomic E-state index is 0.123. The van der Waals surface area contributed by atoms with E-state index in [4.69, 9.17) is 0 Å². The predicted molar refractivity (Wildman–Crippen MR) is 92.7 cm³/mol. The number of H-pyrrole nitrogens is 1. The standard InChI is InChI=1S/C18H21N5O/c1-12-15(13(2)23(3)22-12)9-10-19-18(24)16-11-20-21-17(16)14-7-5-4-6-8-14/h4-8,11H,9-10H2,1-3H3,(H,19,24)(H,20,21). The lowest BCUT2D eigenvalue weighted by Gasteiger charge is -2.06. The minimum atomic E-state index is -0.123. The second-order valence-electron chi connectivity index (χ2n) is 5.80. The Kier molecular flexibility index (Phi) is 4.46. The smallest absolute Gasteiger partial charge is 0.255 e. The fourth-order valence-electron chi connectivity index (χ4n) is 2.86. The first kappa shape index (κ1) is 16.0. The van der Waals surface area contributed by atoms with E-state index in [-0.39, 0.29) is 5.91 Å². The van der Waals surface area contributed by atoms with Gasteiger partial charge in [0.2, 0.25) is 0 Å². The zero-order valence-corrected chi connectivity index (χ0v) is 14.1. The molecule has 0 saturated carbocycles. The molecule has 6 nitrogen and oxygen atoms in total. The molecule has 0 fully saturated rings. The van der Waals surface area contributed by atoms with Gasteiger partial charge in [-0.25, -0.2) is 0 Å². The average Bonchev–Trinajstić information content (AvgIpc) is 3.16. The molecule has 1 amide bonds. The van der Waals surface area contributed by atoms with Gasteiger partial charge in [0, 0.05) is 24.8 Å². The summed E-state index contributed by atoms with van der Waals surface area (Å²) in [6, 6.07) is 9.72. The molecule has 3 aromatic rings. The number of aryl methyl sites for hydroxylation is 2. The van der Waals surface area contributed by atoms with E-state index in [1.807, 2.05) is 55.9 Å². The number of benzene rings is 1. The molecule has 1 aromatic carbocycles. The Morgan fingerprint density at radius 1 is 1.25 bits per heavy atom. The molecular weight excluding hydrogens is 302 g/mol. The van der Waals surface area contributed by atoms with Gasteiger partial charge < -0.3 is 5.32 Å². The van der Waals surface area contributed by atoms with E-state index in [0.29, 0.717) is 12.1 Å². The number of carbonyl (C=O) groups excluding carboxylic acids is 1. The molecule has 0 aliphatic carbocycles. The third-order valence-corrected chi connectivity index (χ3v) is 4.27. The van der Waals surface area contributed by atoms with Crippen LogP contribution in [-0.4, -0.2) is 32.4 Å². The largest absolute Gasteiger partial charge is 0.352 e. The summed E-state index contributed by atoms with van der Waals surface area (Å²) in [5.41, 5.74) is 5.57. The normalized spacial score (nSPS) is 10.8. The number of aromatic amines is 1. The quantitative estimate of drug-likeness (QED) is 0.757. The lowest BCUT2D eigenvalue weighted by molar-refractivity contribution is 0.0955. The van der Waals surface area contributed by atoms with Crippen LogP contribution < -0.4 is 5.32 Å². The molecule has 0 atom stereocenters. The molecule has 3 rings (SSSR count). The summed E-state index contributed by atoms with van der Waals surface area (Å²) in [7, 11) is 1.93. The number of aromatic nitrogens is 4. The van der Waals surface area contributed by atoms with Crippen LogP contribution in [0.4, 0.5) is 0 Å². The van der Waals surface area contributed by atoms with Gasteiger partial charge >= 0.3 is 0 Å². The molecule has 0 unspecified atom stereocenters. The molecule has 24 heavy (non-hydrogen) atoms. The second kappa shape index (κ2) is 6.70. The van der Waals surface area contributed by atoms with Crippen molar-refractivity contribution in [2.75, 3.05) is 6.54 Å². The number of carbonyl (C=O) groups is 1. The van der Waals surface area contributed by atoms with Crippen LogP contribution in [0.2, 0.25) is 0 Å². The highest BCUT2D eigenvalue weighted by atomic mass is 16.1. The van der Waals surface area contributed by atoms with Crippen LogP contribution in [0.25, 0.3) is 11.3 Å². The molecular formula is C18H21N5O. The van der Waals surface area contributed by atoms with Crippen LogP contribution in [0.1, 0.15) is 27.3 Å². The van der Waals surface area contributed by atoms with Crippen molar-refractivity contribution in [2.24, 2.45) is 7.05 Å².